The summed E-state index contributed by atoms with van der Waals surface area (Å²) < 4.78 is 19.7. The number of hydrogen-bond acceptors (Lipinski definition) is 2. The average Bonchev–Trinajstić information content (AvgIpc) is 2.28. The van der Waals surface area contributed by atoms with Crippen molar-refractivity contribution in [3.8, 4) is 11.5 Å². The molecule has 2 rings (SSSR count). The quantitative estimate of drug-likeness (QED) is 0.783. The van der Waals surface area contributed by atoms with Gasteiger partial charge < -0.3 is 9.53 Å². The number of phenols is 1. The van der Waals surface area contributed by atoms with E-state index in [9.17, 15) is 9.50 Å². The third kappa shape index (κ3) is 2.80. The van der Waals surface area contributed by atoms with Crippen molar-refractivity contribution < 1.29 is 13.9 Å². The molecule has 0 bridgehead atoms. The van der Waals surface area contributed by atoms with Crippen molar-refractivity contribution in [1.82, 2.24) is 0 Å². The molecular weight excluding hydrogens is 271 g/mol. The van der Waals surface area contributed by atoms with E-state index in [0.29, 0.717) is 11.1 Å². The second-order valence-electron chi connectivity index (χ2n) is 6.67. The molecule has 0 atom stereocenters. The lowest BCUT2D eigenvalue weighted by Gasteiger charge is -2.36. The van der Waals surface area contributed by atoms with Crippen molar-refractivity contribution in [3.63, 3.8) is 0 Å². The van der Waals surface area contributed by atoms with Gasteiger partial charge in [-0.3, -0.25) is 0 Å². The van der Waals surface area contributed by atoms with Crippen molar-refractivity contribution in [1.29, 1.82) is 0 Å². The molecule has 0 aromatic heterocycles. The Morgan fingerprint density at radius 3 is 2.35 bits per heavy atom. The molecule has 1 N–H and O–H groups in total. The second-order valence-corrected chi connectivity index (χ2v) is 11.4. The smallest absolute Gasteiger partial charge is 0.250 e. The van der Waals surface area contributed by atoms with Gasteiger partial charge in [0.2, 0.25) is 0 Å². The maximum Gasteiger partial charge on any atom is 0.250 e. The van der Waals surface area contributed by atoms with E-state index in [1.807, 2.05) is 0 Å². The predicted molar refractivity (Wildman–Crippen MR) is 83.4 cm³/mol. The SMILES string of the molecule is CC(C)(C)[Si](C)(C)Oc1cc(O)cc2ccc(F)cc12. The van der Waals surface area contributed by atoms with Gasteiger partial charge in [0.1, 0.15) is 17.3 Å². The van der Waals surface area contributed by atoms with Gasteiger partial charge >= 0.3 is 0 Å². The summed E-state index contributed by atoms with van der Waals surface area (Å²) in [7, 11) is -2.04. The normalized spacial score (nSPS) is 12.7. The van der Waals surface area contributed by atoms with Crippen LogP contribution in [0.2, 0.25) is 18.1 Å². The fourth-order valence-electron chi connectivity index (χ4n) is 1.79. The lowest BCUT2D eigenvalue weighted by atomic mass is 10.1. The van der Waals surface area contributed by atoms with E-state index in [-0.39, 0.29) is 16.6 Å². The van der Waals surface area contributed by atoms with Crippen LogP contribution in [0.15, 0.2) is 30.3 Å². The van der Waals surface area contributed by atoms with Gasteiger partial charge in [-0.05, 0) is 41.7 Å². The second kappa shape index (κ2) is 4.77. The van der Waals surface area contributed by atoms with Crippen LogP contribution in [0.1, 0.15) is 20.8 Å². The fraction of sp³-hybridized carbons (Fsp3) is 0.375. The van der Waals surface area contributed by atoms with Crippen molar-refractivity contribution in [2.75, 3.05) is 0 Å². The molecule has 0 aliphatic carbocycles. The Hall–Kier alpha value is -1.55. The molecule has 0 saturated heterocycles. The van der Waals surface area contributed by atoms with Crippen LogP contribution in [0.25, 0.3) is 10.8 Å². The fourth-order valence-corrected chi connectivity index (χ4v) is 2.82. The molecule has 20 heavy (non-hydrogen) atoms. The zero-order valence-corrected chi connectivity index (χ0v) is 13.6. The van der Waals surface area contributed by atoms with Crippen LogP contribution in [0.3, 0.4) is 0 Å². The van der Waals surface area contributed by atoms with E-state index >= 15 is 0 Å². The van der Waals surface area contributed by atoms with Crippen LogP contribution < -0.4 is 4.43 Å². The van der Waals surface area contributed by atoms with Gasteiger partial charge in [-0.15, -0.1) is 0 Å². The average molecular weight is 292 g/mol. The number of halogens is 1. The topological polar surface area (TPSA) is 29.5 Å². The van der Waals surface area contributed by atoms with Gasteiger partial charge in [-0.25, -0.2) is 4.39 Å². The number of fused-ring (bicyclic) bond motifs is 1. The Morgan fingerprint density at radius 1 is 1.10 bits per heavy atom. The largest absolute Gasteiger partial charge is 0.543 e. The Kier molecular flexibility index (Phi) is 3.54. The predicted octanol–water partition coefficient (Wildman–Crippen LogP) is 5.07. The van der Waals surface area contributed by atoms with Crippen LogP contribution in [-0.4, -0.2) is 13.4 Å². The van der Waals surface area contributed by atoms with Gasteiger partial charge in [0.05, 0.1) is 0 Å². The first-order valence-electron chi connectivity index (χ1n) is 6.71. The molecule has 0 aliphatic rings. The van der Waals surface area contributed by atoms with Crippen molar-refractivity contribution >= 4 is 19.1 Å². The number of benzene rings is 2. The summed E-state index contributed by atoms with van der Waals surface area (Å²) in [6, 6.07) is 7.69. The molecule has 108 valence electrons. The number of rotatable bonds is 2. The molecule has 4 heteroatoms. The Bertz CT molecular complexity index is 645. The minimum atomic E-state index is -2.04. The first-order chi connectivity index (χ1) is 9.10. The van der Waals surface area contributed by atoms with Crippen LogP contribution in [-0.2, 0) is 0 Å². The third-order valence-electron chi connectivity index (χ3n) is 4.03. The number of aromatic hydroxyl groups is 1. The van der Waals surface area contributed by atoms with Gasteiger partial charge in [-0.1, -0.05) is 26.8 Å². The zero-order valence-electron chi connectivity index (χ0n) is 12.6. The standard InChI is InChI=1S/C16H21FO2Si/c1-16(2,3)20(4,5)19-15-10-13(18)8-11-6-7-12(17)9-14(11)15/h6-10,18H,1-5H3. The molecule has 2 aromatic carbocycles. The van der Waals surface area contributed by atoms with Gasteiger partial charge in [0.15, 0.2) is 0 Å². The summed E-state index contributed by atoms with van der Waals surface area (Å²) in [5, 5.41) is 11.3. The lowest BCUT2D eigenvalue weighted by molar-refractivity contribution is 0.464. The molecule has 0 amide bonds. The zero-order chi connectivity index (χ0) is 15.1. The highest BCUT2D eigenvalue weighted by atomic mass is 28.4. The molecule has 0 spiro atoms. The number of phenolic OH excluding ortho intramolecular Hbond substituents is 1. The van der Waals surface area contributed by atoms with Crippen LogP contribution >= 0.6 is 0 Å². The van der Waals surface area contributed by atoms with Gasteiger partial charge in [0, 0.05) is 11.5 Å². The molecule has 0 unspecified atom stereocenters. The van der Waals surface area contributed by atoms with E-state index in [1.165, 1.54) is 12.1 Å². The molecular formula is C16H21FO2Si. The lowest BCUT2D eigenvalue weighted by Crippen LogP contribution is -2.43. The third-order valence-corrected chi connectivity index (χ3v) is 8.38. The summed E-state index contributed by atoms with van der Waals surface area (Å²) in [6.45, 7) is 10.7. The Labute approximate surface area is 120 Å². The molecule has 2 aromatic rings. The highest BCUT2D eigenvalue weighted by molar-refractivity contribution is 6.74. The van der Waals surface area contributed by atoms with Crippen LogP contribution in [0.4, 0.5) is 4.39 Å². The number of hydrogen-bond donors (Lipinski definition) is 1. The van der Waals surface area contributed by atoms with Crippen molar-refractivity contribution in [3.05, 3.63) is 36.1 Å². The van der Waals surface area contributed by atoms with E-state index in [0.717, 1.165) is 5.39 Å². The van der Waals surface area contributed by atoms with E-state index in [2.05, 4.69) is 33.9 Å². The summed E-state index contributed by atoms with van der Waals surface area (Å²) in [4.78, 5) is 0. The van der Waals surface area contributed by atoms with Gasteiger partial charge in [-0.2, -0.15) is 0 Å². The summed E-state index contributed by atoms with van der Waals surface area (Å²) in [5.41, 5.74) is 0. The van der Waals surface area contributed by atoms with Crippen LogP contribution in [0.5, 0.6) is 11.5 Å². The van der Waals surface area contributed by atoms with E-state index in [4.69, 9.17) is 4.43 Å². The van der Waals surface area contributed by atoms with E-state index in [1.54, 1.807) is 18.2 Å². The Balaban J connectivity index is 2.57. The van der Waals surface area contributed by atoms with Crippen molar-refractivity contribution in [2.24, 2.45) is 0 Å². The van der Waals surface area contributed by atoms with Crippen LogP contribution in [0, 0.1) is 5.82 Å². The molecule has 0 radical (unpaired) electrons. The van der Waals surface area contributed by atoms with E-state index < -0.39 is 8.32 Å². The molecule has 0 heterocycles. The first kappa shape index (κ1) is 14.8. The summed E-state index contributed by atoms with van der Waals surface area (Å²) in [5.74, 6) is 0.396. The summed E-state index contributed by atoms with van der Waals surface area (Å²) in [6.07, 6.45) is 0. The molecule has 0 saturated carbocycles. The summed E-state index contributed by atoms with van der Waals surface area (Å²) >= 11 is 0. The maximum atomic E-state index is 13.5. The Morgan fingerprint density at radius 2 is 1.75 bits per heavy atom. The first-order valence-corrected chi connectivity index (χ1v) is 9.62. The molecule has 0 aliphatic heterocycles. The van der Waals surface area contributed by atoms with Crippen molar-refractivity contribution in [2.45, 2.75) is 38.9 Å². The maximum absolute atomic E-state index is 13.5. The van der Waals surface area contributed by atoms with Gasteiger partial charge in [0.25, 0.3) is 8.32 Å². The molecule has 0 fully saturated rings. The monoisotopic (exact) mass is 292 g/mol. The highest BCUT2D eigenvalue weighted by Gasteiger charge is 2.39. The minimum absolute atomic E-state index is 0.0398. The molecule has 2 nitrogen and oxygen atoms in total. The highest BCUT2D eigenvalue weighted by Crippen LogP contribution is 2.40. The minimum Gasteiger partial charge on any atom is -0.543 e.